The fourth-order valence-electron chi connectivity index (χ4n) is 1.80. The highest BCUT2D eigenvalue weighted by atomic mass is 19.1. The molecule has 1 aromatic carbocycles. The molecule has 0 aromatic heterocycles. The van der Waals surface area contributed by atoms with Gasteiger partial charge in [0.2, 0.25) is 0 Å². The Morgan fingerprint density at radius 1 is 1.22 bits per heavy atom. The van der Waals surface area contributed by atoms with Crippen LogP contribution in [0.2, 0.25) is 0 Å². The summed E-state index contributed by atoms with van der Waals surface area (Å²) < 4.78 is 18.8. The third kappa shape index (κ3) is 5.39. The monoisotopic (exact) mass is 254 g/mol. The summed E-state index contributed by atoms with van der Waals surface area (Å²) >= 11 is 0. The Hall–Kier alpha value is -1.25. The number of hydrogen-bond donors (Lipinski definition) is 1. The molecule has 0 fully saturated rings. The first-order chi connectivity index (χ1) is 8.49. The zero-order valence-corrected chi connectivity index (χ0v) is 11.4. The molecule has 1 aromatic rings. The van der Waals surface area contributed by atoms with Crippen molar-refractivity contribution in [3.8, 4) is 11.5 Å². The largest absolute Gasteiger partial charge is 0.508 e. The number of ether oxygens (including phenoxy) is 1. The van der Waals surface area contributed by atoms with Crippen LogP contribution in [0.25, 0.3) is 0 Å². The van der Waals surface area contributed by atoms with Crippen LogP contribution in [0.4, 0.5) is 4.39 Å². The van der Waals surface area contributed by atoms with Gasteiger partial charge in [-0.1, -0.05) is 33.6 Å². The van der Waals surface area contributed by atoms with E-state index in [1.807, 2.05) is 0 Å². The van der Waals surface area contributed by atoms with Gasteiger partial charge in [0.25, 0.3) is 0 Å². The van der Waals surface area contributed by atoms with Gasteiger partial charge in [0, 0.05) is 6.07 Å². The fraction of sp³-hybridized carbons (Fsp3) is 0.600. The third-order valence-electron chi connectivity index (χ3n) is 2.92. The number of benzene rings is 1. The number of hydrogen-bond acceptors (Lipinski definition) is 2. The molecule has 102 valence electrons. The molecule has 0 aliphatic rings. The lowest BCUT2D eigenvalue weighted by atomic mass is 10.0. The summed E-state index contributed by atoms with van der Waals surface area (Å²) in [6.07, 6.45) is 3.50. The molecule has 1 rings (SSSR count). The molecule has 2 nitrogen and oxygen atoms in total. The molecule has 0 heterocycles. The molecule has 0 saturated carbocycles. The SMILES string of the molecule is CC(C)CCCC(C)COc1ccc(O)cc1F. The van der Waals surface area contributed by atoms with Crippen molar-refractivity contribution in [2.24, 2.45) is 11.8 Å². The van der Waals surface area contributed by atoms with Crippen molar-refractivity contribution in [2.75, 3.05) is 6.61 Å². The van der Waals surface area contributed by atoms with E-state index in [0.717, 1.165) is 18.4 Å². The second-order valence-electron chi connectivity index (χ2n) is 5.36. The first-order valence-corrected chi connectivity index (χ1v) is 6.60. The molecule has 1 N–H and O–H groups in total. The van der Waals surface area contributed by atoms with E-state index in [4.69, 9.17) is 9.84 Å². The number of aromatic hydroxyl groups is 1. The van der Waals surface area contributed by atoms with Crippen LogP contribution >= 0.6 is 0 Å². The molecule has 1 atom stereocenters. The van der Waals surface area contributed by atoms with Gasteiger partial charge in [-0.3, -0.25) is 0 Å². The zero-order valence-electron chi connectivity index (χ0n) is 11.4. The molecule has 18 heavy (non-hydrogen) atoms. The van der Waals surface area contributed by atoms with E-state index in [1.165, 1.54) is 25.0 Å². The van der Waals surface area contributed by atoms with E-state index < -0.39 is 5.82 Å². The predicted octanol–water partition coefficient (Wildman–Crippen LogP) is 4.37. The van der Waals surface area contributed by atoms with Gasteiger partial charge in [-0.15, -0.1) is 0 Å². The molecule has 0 radical (unpaired) electrons. The summed E-state index contributed by atoms with van der Waals surface area (Å²) in [4.78, 5) is 0. The van der Waals surface area contributed by atoms with E-state index in [2.05, 4.69) is 20.8 Å². The predicted molar refractivity (Wildman–Crippen MR) is 71.4 cm³/mol. The van der Waals surface area contributed by atoms with Crippen molar-refractivity contribution in [2.45, 2.75) is 40.0 Å². The van der Waals surface area contributed by atoms with Crippen LogP contribution < -0.4 is 4.74 Å². The molecule has 3 heteroatoms. The number of rotatable bonds is 7. The maximum Gasteiger partial charge on any atom is 0.168 e. The van der Waals surface area contributed by atoms with Crippen LogP contribution in [0.3, 0.4) is 0 Å². The van der Waals surface area contributed by atoms with Crippen molar-refractivity contribution in [3.63, 3.8) is 0 Å². The Labute approximate surface area is 109 Å². The summed E-state index contributed by atoms with van der Waals surface area (Å²) in [5.41, 5.74) is 0. The minimum atomic E-state index is -0.510. The highest BCUT2D eigenvalue weighted by Crippen LogP contribution is 2.22. The second-order valence-corrected chi connectivity index (χ2v) is 5.36. The standard InChI is InChI=1S/C15H23FO2/c1-11(2)5-4-6-12(3)10-18-15-8-7-13(17)9-14(15)16/h7-9,11-12,17H,4-6,10H2,1-3H3. The highest BCUT2D eigenvalue weighted by Gasteiger charge is 2.08. The van der Waals surface area contributed by atoms with E-state index in [9.17, 15) is 4.39 Å². The highest BCUT2D eigenvalue weighted by molar-refractivity contribution is 5.32. The van der Waals surface area contributed by atoms with Gasteiger partial charge in [0.05, 0.1) is 6.61 Å². The Bertz CT molecular complexity index is 364. The molecule has 0 aliphatic carbocycles. The van der Waals surface area contributed by atoms with Crippen LogP contribution in [-0.4, -0.2) is 11.7 Å². The first-order valence-electron chi connectivity index (χ1n) is 6.60. The van der Waals surface area contributed by atoms with E-state index in [0.29, 0.717) is 12.5 Å². The Kier molecular flexibility index (Phi) is 5.96. The lowest BCUT2D eigenvalue weighted by molar-refractivity contribution is 0.237. The first kappa shape index (κ1) is 14.8. The van der Waals surface area contributed by atoms with Gasteiger partial charge in [-0.05, 0) is 30.4 Å². The summed E-state index contributed by atoms with van der Waals surface area (Å²) in [7, 11) is 0. The summed E-state index contributed by atoms with van der Waals surface area (Å²) in [6, 6.07) is 3.96. The van der Waals surface area contributed by atoms with Gasteiger partial charge in [0.1, 0.15) is 5.75 Å². The van der Waals surface area contributed by atoms with Crippen molar-refractivity contribution >= 4 is 0 Å². The van der Waals surface area contributed by atoms with Crippen LogP contribution in [0.15, 0.2) is 18.2 Å². The lowest BCUT2D eigenvalue weighted by Crippen LogP contribution is -2.09. The topological polar surface area (TPSA) is 29.5 Å². The van der Waals surface area contributed by atoms with E-state index in [1.54, 1.807) is 0 Å². The molecular formula is C15H23FO2. The van der Waals surface area contributed by atoms with Gasteiger partial charge in [-0.2, -0.15) is 0 Å². The fourth-order valence-corrected chi connectivity index (χ4v) is 1.80. The van der Waals surface area contributed by atoms with Crippen LogP contribution in [0.1, 0.15) is 40.0 Å². The summed E-state index contributed by atoms with van der Waals surface area (Å²) in [5.74, 6) is 0.766. The van der Waals surface area contributed by atoms with Crippen LogP contribution in [-0.2, 0) is 0 Å². The van der Waals surface area contributed by atoms with Gasteiger partial charge in [0.15, 0.2) is 11.6 Å². The molecule has 0 saturated heterocycles. The minimum Gasteiger partial charge on any atom is -0.508 e. The molecule has 1 unspecified atom stereocenters. The van der Waals surface area contributed by atoms with Crippen LogP contribution in [0, 0.1) is 17.7 Å². The average molecular weight is 254 g/mol. The molecule has 0 bridgehead atoms. The van der Waals surface area contributed by atoms with Crippen molar-refractivity contribution in [3.05, 3.63) is 24.0 Å². The Balaban J connectivity index is 2.31. The Morgan fingerprint density at radius 2 is 1.94 bits per heavy atom. The average Bonchev–Trinajstić information content (AvgIpc) is 2.27. The van der Waals surface area contributed by atoms with E-state index in [-0.39, 0.29) is 11.5 Å². The number of phenols is 1. The normalized spacial score (nSPS) is 12.7. The quantitative estimate of drug-likeness (QED) is 0.782. The zero-order chi connectivity index (χ0) is 13.5. The van der Waals surface area contributed by atoms with Crippen molar-refractivity contribution in [1.29, 1.82) is 0 Å². The number of halogens is 1. The molecular weight excluding hydrogens is 231 g/mol. The van der Waals surface area contributed by atoms with Crippen molar-refractivity contribution in [1.82, 2.24) is 0 Å². The molecule has 0 amide bonds. The van der Waals surface area contributed by atoms with Gasteiger partial charge < -0.3 is 9.84 Å². The van der Waals surface area contributed by atoms with Gasteiger partial charge >= 0.3 is 0 Å². The van der Waals surface area contributed by atoms with Crippen LogP contribution in [0.5, 0.6) is 11.5 Å². The second kappa shape index (κ2) is 7.24. The van der Waals surface area contributed by atoms with Gasteiger partial charge in [-0.25, -0.2) is 4.39 Å². The summed E-state index contributed by atoms with van der Waals surface area (Å²) in [5, 5.41) is 9.09. The molecule has 0 spiro atoms. The summed E-state index contributed by atoms with van der Waals surface area (Å²) in [6.45, 7) is 7.05. The molecule has 0 aliphatic heterocycles. The number of phenolic OH excluding ortho intramolecular Hbond substituents is 1. The minimum absolute atomic E-state index is 0.0789. The Morgan fingerprint density at radius 3 is 2.56 bits per heavy atom. The van der Waals surface area contributed by atoms with E-state index >= 15 is 0 Å². The maximum atomic E-state index is 13.4. The smallest absolute Gasteiger partial charge is 0.168 e. The maximum absolute atomic E-state index is 13.4. The van der Waals surface area contributed by atoms with Crippen molar-refractivity contribution < 1.29 is 14.2 Å². The third-order valence-corrected chi connectivity index (χ3v) is 2.92. The lowest BCUT2D eigenvalue weighted by Gasteiger charge is -2.14.